The number of hydrogen-bond donors (Lipinski definition) is 1. The van der Waals surface area contributed by atoms with Gasteiger partial charge in [0.2, 0.25) is 0 Å². The van der Waals surface area contributed by atoms with E-state index in [4.69, 9.17) is 4.74 Å². The molecule has 0 aliphatic rings. The predicted octanol–water partition coefficient (Wildman–Crippen LogP) is 4.49. The maximum Gasteiger partial charge on any atom is 0.119 e. The van der Waals surface area contributed by atoms with E-state index in [9.17, 15) is 5.21 Å². The van der Waals surface area contributed by atoms with Crippen LogP contribution >= 0.6 is 0 Å². The van der Waals surface area contributed by atoms with Gasteiger partial charge in [-0.3, -0.25) is 0 Å². The number of ether oxygens (including phenoxy) is 1. The molecule has 0 heterocycles. The fraction of sp³-hybridized carbons (Fsp3) is 0.278. The predicted molar refractivity (Wildman–Crippen MR) is 85.0 cm³/mol. The van der Waals surface area contributed by atoms with Gasteiger partial charge in [-0.15, -0.1) is 0 Å². The molecule has 2 aromatic rings. The van der Waals surface area contributed by atoms with E-state index in [1.807, 2.05) is 75.4 Å². The van der Waals surface area contributed by atoms with E-state index in [0.717, 1.165) is 16.9 Å². The van der Waals surface area contributed by atoms with Crippen molar-refractivity contribution in [2.24, 2.45) is 10.6 Å². The second-order valence-electron chi connectivity index (χ2n) is 6.00. The van der Waals surface area contributed by atoms with Crippen molar-refractivity contribution < 1.29 is 9.94 Å². The van der Waals surface area contributed by atoms with Crippen LogP contribution in [0.3, 0.4) is 0 Å². The van der Waals surface area contributed by atoms with Gasteiger partial charge in [-0.25, -0.2) is 0 Å². The molecule has 0 atom stereocenters. The van der Waals surface area contributed by atoms with Gasteiger partial charge in [0.15, 0.2) is 0 Å². The summed E-state index contributed by atoms with van der Waals surface area (Å²) in [6, 6.07) is 17.7. The molecule has 0 aliphatic carbocycles. The summed E-state index contributed by atoms with van der Waals surface area (Å²) in [6.07, 6.45) is 0. The molecule has 2 rings (SSSR count). The Balaban J connectivity index is 2.06. The summed E-state index contributed by atoms with van der Waals surface area (Å²) >= 11 is 0. The largest absolute Gasteiger partial charge is 0.489 e. The van der Waals surface area contributed by atoms with Gasteiger partial charge in [0.1, 0.15) is 12.4 Å². The van der Waals surface area contributed by atoms with Crippen LogP contribution in [0, 0.1) is 5.41 Å². The lowest BCUT2D eigenvalue weighted by atomic mass is 9.86. The fourth-order valence-corrected chi connectivity index (χ4v) is 2.09. The number of nitrogens with zero attached hydrogens (tertiary/aromatic N) is 1. The van der Waals surface area contributed by atoms with Crippen molar-refractivity contribution >= 4 is 5.71 Å². The molecule has 0 saturated carbocycles. The van der Waals surface area contributed by atoms with E-state index in [0.29, 0.717) is 12.3 Å². The zero-order chi connectivity index (χ0) is 15.3. The molecule has 3 heteroatoms. The topological polar surface area (TPSA) is 41.8 Å². The quantitative estimate of drug-likeness (QED) is 0.510. The molecule has 1 N–H and O–H groups in total. The molecule has 0 fully saturated rings. The second-order valence-corrected chi connectivity index (χ2v) is 6.00. The van der Waals surface area contributed by atoms with Gasteiger partial charge in [0.25, 0.3) is 0 Å². The van der Waals surface area contributed by atoms with Gasteiger partial charge in [0, 0.05) is 11.0 Å². The smallest absolute Gasteiger partial charge is 0.119 e. The highest BCUT2D eigenvalue weighted by Crippen LogP contribution is 2.23. The summed E-state index contributed by atoms with van der Waals surface area (Å²) in [6.45, 7) is 6.59. The van der Waals surface area contributed by atoms with Gasteiger partial charge in [0.05, 0.1) is 5.71 Å². The van der Waals surface area contributed by atoms with Crippen LogP contribution in [0.2, 0.25) is 0 Å². The minimum atomic E-state index is -0.207. The van der Waals surface area contributed by atoms with Crippen molar-refractivity contribution in [1.29, 1.82) is 0 Å². The standard InChI is InChI=1S/C18H21NO2/c1-18(2,3)17(19-20)15-9-11-16(12-10-15)21-13-14-7-5-4-6-8-14/h4-12,20H,13H2,1-3H3. The van der Waals surface area contributed by atoms with Crippen molar-refractivity contribution in [2.75, 3.05) is 0 Å². The van der Waals surface area contributed by atoms with Crippen LogP contribution in [0.5, 0.6) is 5.75 Å². The molecule has 0 aliphatic heterocycles. The molecule has 0 spiro atoms. The zero-order valence-corrected chi connectivity index (χ0v) is 12.7. The first-order valence-electron chi connectivity index (χ1n) is 7.00. The Morgan fingerprint density at radius 3 is 2.14 bits per heavy atom. The van der Waals surface area contributed by atoms with Gasteiger partial charge < -0.3 is 9.94 Å². The van der Waals surface area contributed by atoms with Crippen LogP contribution < -0.4 is 4.74 Å². The molecule has 0 saturated heterocycles. The third-order valence-electron chi connectivity index (χ3n) is 3.19. The second kappa shape index (κ2) is 6.44. The van der Waals surface area contributed by atoms with Crippen LogP contribution in [0.25, 0.3) is 0 Å². The molecule has 0 aromatic heterocycles. The van der Waals surface area contributed by atoms with Crippen LogP contribution in [-0.2, 0) is 6.61 Å². The summed E-state index contributed by atoms with van der Waals surface area (Å²) in [5.41, 5.74) is 2.49. The third kappa shape index (κ3) is 4.09. The van der Waals surface area contributed by atoms with Crippen LogP contribution in [0.1, 0.15) is 31.9 Å². The monoisotopic (exact) mass is 283 g/mol. The SMILES string of the molecule is CC(C)(C)C(=NO)c1ccc(OCc2ccccc2)cc1. The van der Waals surface area contributed by atoms with Gasteiger partial charge in [-0.1, -0.05) is 56.3 Å². The molecule has 110 valence electrons. The first kappa shape index (κ1) is 15.1. The van der Waals surface area contributed by atoms with Crippen molar-refractivity contribution in [2.45, 2.75) is 27.4 Å². The number of rotatable bonds is 4. The van der Waals surface area contributed by atoms with E-state index in [-0.39, 0.29) is 5.41 Å². The lowest BCUT2D eigenvalue weighted by Crippen LogP contribution is -2.21. The van der Waals surface area contributed by atoms with Crippen LogP contribution in [0.15, 0.2) is 59.8 Å². The van der Waals surface area contributed by atoms with Crippen molar-refractivity contribution in [3.8, 4) is 5.75 Å². The first-order chi connectivity index (χ1) is 10.0. The van der Waals surface area contributed by atoms with E-state index in [2.05, 4.69) is 5.16 Å². The maximum absolute atomic E-state index is 9.19. The molecule has 2 aromatic carbocycles. The molecule has 0 radical (unpaired) electrons. The van der Waals surface area contributed by atoms with Crippen LogP contribution in [-0.4, -0.2) is 10.9 Å². The first-order valence-corrected chi connectivity index (χ1v) is 7.00. The average Bonchev–Trinajstić information content (AvgIpc) is 2.47. The summed E-state index contributed by atoms with van der Waals surface area (Å²) in [5, 5.41) is 12.6. The van der Waals surface area contributed by atoms with E-state index in [1.165, 1.54) is 0 Å². The normalized spacial score (nSPS) is 12.2. The maximum atomic E-state index is 9.19. The Bertz CT molecular complexity index is 595. The minimum absolute atomic E-state index is 0.207. The zero-order valence-electron chi connectivity index (χ0n) is 12.7. The van der Waals surface area contributed by atoms with Crippen molar-refractivity contribution in [3.05, 3.63) is 65.7 Å². The number of oxime groups is 1. The van der Waals surface area contributed by atoms with Crippen molar-refractivity contribution in [1.82, 2.24) is 0 Å². The molecule has 0 amide bonds. The van der Waals surface area contributed by atoms with Gasteiger partial charge >= 0.3 is 0 Å². The third-order valence-corrected chi connectivity index (χ3v) is 3.19. The Morgan fingerprint density at radius 1 is 1.00 bits per heavy atom. The minimum Gasteiger partial charge on any atom is -0.489 e. The van der Waals surface area contributed by atoms with E-state index >= 15 is 0 Å². The summed E-state index contributed by atoms with van der Waals surface area (Å²) < 4.78 is 5.74. The molecule has 0 bridgehead atoms. The van der Waals surface area contributed by atoms with E-state index < -0.39 is 0 Å². The molecule has 0 unspecified atom stereocenters. The summed E-state index contributed by atoms with van der Waals surface area (Å²) in [7, 11) is 0. The Morgan fingerprint density at radius 2 is 1.62 bits per heavy atom. The van der Waals surface area contributed by atoms with Crippen LogP contribution in [0.4, 0.5) is 0 Å². The highest BCUT2D eigenvalue weighted by atomic mass is 16.5. The molecule has 21 heavy (non-hydrogen) atoms. The Labute approximate surface area is 125 Å². The number of hydrogen-bond acceptors (Lipinski definition) is 3. The lowest BCUT2D eigenvalue weighted by molar-refractivity contribution is 0.306. The molecular weight excluding hydrogens is 262 g/mol. The number of benzene rings is 2. The highest BCUT2D eigenvalue weighted by Gasteiger charge is 2.21. The van der Waals surface area contributed by atoms with E-state index in [1.54, 1.807) is 0 Å². The van der Waals surface area contributed by atoms with Gasteiger partial charge in [-0.05, 0) is 29.8 Å². The summed E-state index contributed by atoms with van der Waals surface area (Å²) in [4.78, 5) is 0. The Hall–Kier alpha value is -2.29. The fourth-order valence-electron chi connectivity index (χ4n) is 2.09. The van der Waals surface area contributed by atoms with Crippen molar-refractivity contribution in [3.63, 3.8) is 0 Å². The Kier molecular flexibility index (Phi) is 4.63. The average molecular weight is 283 g/mol. The summed E-state index contributed by atoms with van der Waals surface area (Å²) in [5.74, 6) is 0.800. The lowest BCUT2D eigenvalue weighted by Gasteiger charge is -2.20. The van der Waals surface area contributed by atoms with Gasteiger partial charge in [-0.2, -0.15) is 0 Å². The molecular formula is C18H21NO2. The highest BCUT2D eigenvalue weighted by molar-refractivity contribution is 6.03. The molecule has 3 nitrogen and oxygen atoms in total.